The Hall–Kier alpha value is -1.99. The zero-order valence-electron chi connectivity index (χ0n) is 15.3. The van der Waals surface area contributed by atoms with E-state index in [9.17, 15) is 14.0 Å². The van der Waals surface area contributed by atoms with Crippen molar-refractivity contribution in [3.8, 4) is 0 Å². The van der Waals surface area contributed by atoms with Crippen LogP contribution in [0.3, 0.4) is 0 Å². The molecular weight excluding hydrogens is 337 g/mol. The van der Waals surface area contributed by atoms with Crippen LogP contribution in [-0.2, 0) is 20.9 Å². The van der Waals surface area contributed by atoms with Crippen LogP contribution >= 0.6 is 0 Å². The summed E-state index contributed by atoms with van der Waals surface area (Å²) in [5.74, 6) is -0.453. The van der Waals surface area contributed by atoms with Gasteiger partial charge in [0, 0.05) is 38.1 Å². The number of nitrogens with one attached hydrogen (secondary N) is 1. The molecule has 6 nitrogen and oxygen atoms in total. The maximum absolute atomic E-state index is 13.1. The van der Waals surface area contributed by atoms with Crippen molar-refractivity contribution in [1.82, 2.24) is 15.1 Å². The van der Waals surface area contributed by atoms with Crippen LogP contribution in [0.15, 0.2) is 24.3 Å². The average Bonchev–Trinajstić information content (AvgIpc) is 3.01. The van der Waals surface area contributed by atoms with Gasteiger partial charge in [-0.3, -0.25) is 19.4 Å². The van der Waals surface area contributed by atoms with Crippen LogP contribution < -0.4 is 5.32 Å². The van der Waals surface area contributed by atoms with E-state index in [-0.39, 0.29) is 35.8 Å². The van der Waals surface area contributed by atoms with Gasteiger partial charge in [-0.25, -0.2) is 4.39 Å². The second kappa shape index (κ2) is 8.14. The van der Waals surface area contributed by atoms with Gasteiger partial charge >= 0.3 is 5.97 Å². The average molecular weight is 363 g/mol. The second-order valence-corrected chi connectivity index (χ2v) is 7.08. The van der Waals surface area contributed by atoms with Crippen molar-refractivity contribution >= 4 is 11.9 Å². The van der Waals surface area contributed by atoms with Crippen LogP contribution in [0.2, 0.25) is 0 Å². The quantitative estimate of drug-likeness (QED) is 0.796. The molecule has 26 heavy (non-hydrogen) atoms. The zero-order chi connectivity index (χ0) is 18.7. The molecule has 7 heteroatoms. The molecule has 0 spiro atoms. The SMILES string of the molecule is COC(=O)CC[C@H]1CNC(=O)[C@@H]2[C@@H](CCN2Cc2ccc(F)cc2)N1C. The van der Waals surface area contributed by atoms with Gasteiger partial charge in [-0.15, -0.1) is 0 Å². The Kier molecular flexibility index (Phi) is 5.88. The number of likely N-dealkylation sites (N-methyl/N-ethyl adjacent to an activating group) is 1. The van der Waals surface area contributed by atoms with Gasteiger partial charge in [0.25, 0.3) is 0 Å². The standard InChI is InChI=1S/C19H26FN3O3/c1-22-15(7-8-17(24)26-2)11-21-19(25)18-16(22)9-10-23(18)12-13-3-5-14(20)6-4-13/h3-6,15-16,18H,7-12H2,1-2H3,(H,21,25)/t15-,16+,18-/m0/s1. The molecule has 3 rings (SSSR count). The van der Waals surface area contributed by atoms with Crippen LogP contribution in [0.25, 0.3) is 0 Å². The molecule has 0 aromatic heterocycles. The number of carbonyl (C=O) groups is 2. The molecule has 0 unspecified atom stereocenters. The molecule has 1 aromatic rings. The van der Waals surface area contributed by atoms with E-state index in [0.29, 0.717) is 25.9 Å². The third-order valence-corrected chi connectivity index (χ3v) is 5.56. The van der Waals surface area contributed by atoms with E-state index in [1.54, 1.807) is 12.1 Å². The monoisotopic (exact) mass is 363 g/mol. The fourth-order valence-electron chi connectivity index (χ4n) is 4.04. The Labute approximate surface area is 153 Å². The summed E-state index contributed by atoms with van der Waals surface area (Å²) in [7, 11) is 3.42. The van der Waals surface area contributed by atoms with Crippen LogP contribution in [0, 0.1) is 5.82 Å². The summed E-state index contributed by atoms with van der Waals surface area (Å²) in [6.07, 6.45) is 1.90. The lowest BCUT2D eigenvalue weighted by Gasteiger charge is -2.33. The van der Waals surface area contributed by atoms with Gasteiger partial charge in [-0.05, 0) is 37.6 Å². The van der Waals surface area contributed by atoms with Crippen molar-refractivity contribution in [2.75, 3.05) is 27.2 Å². The van der Waals surface area contributed by atoms with Gasteiger partial charge in [0.15, 0.2) is 0 Å². The summed E-state index contributed by atoms with van der Waals surface area (Å²) in [5, 5.41) is 3.03. The molecule has 0 saturated carbocycles. The molecule has 142 valence electrons. The molecule has 3 atom stereocenters. The topological polar surface area (TPSA) is 61.9 Å². The van der Waals surface area contributed by atoms with Crippen molar-refractivity contribution < 1.29 is 18.7 Å². The first-order valence-electron chi connectivity index (χ1n) is 9.04. The first-order valence-corrected chi connectivity index (χ1v) is 9.04. The lowest BCUT2D eigenvalue weighted by Crippen LogP contribution is -2.49. The zero-order valence-corrected chi connectivity index (χ0v) is 15.3. The van der Waals surface area contributed by atoms with E-state index in [2.05, 4.69) is 15.1 Å². The van der Waals surface area contributed by atoms with E-state index >= 15 is 0 Å². The smallest absolute Gasteiger partial charge is 0.305 e. The molecule has 2 fully saturated rings. The number of carbonyl (C=O) groups excluding carboxylic acids is 2. The normalized spacial score (nSPS) is 26.9. The van der Waals surface area contributed by atoms with Crippen molar-refractivity contribution in [2.45, 2.75) is 43.9 Å². The molecule has 1 amide bonds. The molecule has 0 bridgehead atoms. The van der Waals surface area contributed by atoms with E-state index in [1.807, 2.05) is 7.05 Å². The van der Waals surface area contributed by atoms with Crippen LogP contribution in [0.4, 0.5) is 4.39 Å². The van der Waals surface area contributed by atoms with Gasteiger partial charge in [-0.2, -0.15) is 0 Å². The number of halogens is 1. The summed E-state index contributed by atoms with van der Waals surface area (Å²) in [6, 6.07) is 6.42. The van der Waals surface area contributed by atoms with Crippen LogP contribution in [0.5, 0.6) is 0 Å². The number of likely N-dealkylation sites (tertiary alicyclic amines) is 1. The summed E-state index contributed by atoms with van der Waals surface area (Å²) in [5.41, 5.74) is 0.994. The molecule has 1 N–H and O–H groups in total. The van der Waals surface area contributed by atoms with E-state index in [1.165, 1.54) is 19.2 Å². The summed E-state index contributed by atoms with van der Waals surface area (Å²) in [4.78, 5) is 28.6. The third-order valence-electron chi connectivity index (χ3n) is 5.56. The number of amides is 1. The molecule has 2 saturated heterocycles. The highest BCUT2D eigenvalue weighted by molar-refractivity contribution is 5.83. The van der Waals surface area contributed by atoms with Gasteiger partial charge in [0.05, 0.1) is 7.11 Å². The molecular formula is C19H26FN3O3. The van der Waals surface area contributed by atoms with Crippen molar-refractivity contribution in [1.29, 1.82) is 0 Å². The van der Waals surface area contributed by atoms with Gasteiger partial charge in [0.1, 0.15) is 11.9 Å². The molecule has 2 heterocycles. The summed E-state index contributed by atoms with van der Waals surface area (Å²) in [6.45, 7) is 1.97. The van der Waals surface area contributed by atoms with Gasteiger partial charge < -0.3 is 10.1 Å². The lowest BCUT2D eigenvalue weighted by atomic mass is 10.0. The summed E-state index contributed by atoms with van der Waals surface area (Å²) >= 11 is 0. The minimum Gasteiger partial charge on any atom is -0.469 e. The number of esters is 1. The van der Waals surface area contributed by atoms with Crippen LogP contribution in [-0.4, -0.2) is 67.0 Å². The minimum absolute atomic E-state index is 0.0297. The maximum atomic E-state index is 13.1. The van der Waals surface area contributed by atoms with Gasteiger partial charge in [0.2, 0.25) is 5.91 Å². The Balaban J connectivity index is 1.69. The predicted molar refractivity (Wildman–Crippen MR) is 94.8 cm³/mol. The Morgan fingerprint density at radius 3 is 2.77 bits per heavy atom. The minimum atomic E-state index is -0.256. The fraction of sp³-hybridized carbons (Fsp3) is 0.579. The fourth-order valence-corrected chi connectivity index (χ4v) is 4.04. The van der Waals surface area contributed by atoms with Crippen molar-refractivity contribution in [2.24, 2.45) is 0 Å². The largest absolute Gasteiger partial charge is 0.469 e. The third kappa shape index (κ3) is 4.04. The molecule has 0 radical (unpaired) electrons. The first kappa shape index (κ1) is 18.8. The molecule has 2 aliphatic heterocycles. The second-order valence-electron chi connectivity index (χ2n) is 7.08. The number of rotatable bonds is 5. The Morgan fingerprint density at radius 1 is 1.35 bits per heavy atom. The lowest BCUT2D eigenvalue weighted by molar-refractivity contribution is -0.141. The molecule has 2 aliphatic rings. The molecule has 1 aromatic carbocycles. The number of fused-ring (bicyclic) bond motifs is 1. The highest BCUT2D eigenvalue weighted by Gasteiger charge is 2.44. The highest BCUT2D eigenvalue weighted by Crippen LogP contribution is 2.28. The van der Waals surface area contributed by atoms with E-state index < -0.39 is 0 Å². The number of benzene rings is 1. The molecule has 0 aliphatic carbocycles. The van der Waals surface area contributed by atoms with Crippen molar-refractivity contribution in [3.63, 3.8) is 0 Å². The number of nitrogens with zero attached hydrogens (tertiary/aromatic N) is 2. The van der Waals surface area contributed by atoms with Crippen LogP contribution in [0.1, 0.15) is 24.8 Å². The number of hydrogen-bond donors (Lipinski definition) is 1. The number of methoxy groups -OCH3 is 1. The van der Waals surface area contributed by atoms with E-state index in [0.717, 1.165) is 18.5 Å². The van der Waals surface area contributed by atoms with E-state index in [4.69, 9.17) is 4.74 Å². The van der Waals surface area contributed by atoms with Crippen molar-refractivity contribution in [3.05, 3.63) is 35.6 Å². The Bertz CT molecular complexity index is 652. The predicted octanol–water partition coefficient (Wildman–Crippen LogP) is 1.15. The number of hydrogen-bond acceptors (Lipinski definition) is 5. The Morgan fingerprint density at radius 2 is 2.08 bits per heavy atom. The number of ether oxygens (including phenoxy) is 1. The van der Waals surface area contributed by atoms with Gasteiger partial charge in [-0.1, -0.05) is 12.1 Å². The maximum Gasteiger partial charge on any atom is 0.305 e. The highest BCUT2D eigenvalue weighted by atomic mass is 19.1. The first-order chi connectivity index (χ1) is 12.5. The summed E-state index contributed by atoms with van der Waals surface area (Å²) < 4.78 is 17.8.